The van der Waals surface area contributed by atoms with Gasteiger partial charge in [0, 0.05) is 32.2 Å². The van der Waals surface area contributed by atoms with E-state index in [9.17, 15) is 14.7 Å². The molecule has 5 heteroatoms. The van der Waals surface area contributed by atoms with Gasteiger partial charge in [-0.15, -0.1) is 11.8 Å². The molecule has 1 amide bonds. The quantitative estimate of drug-likeness (QED) is 0.259. The van der Waals surface area contributed by atoms with Crippen molar-refractivity contribution in [2.24, 2.45) is 5.92 Å². The minimum absolute atomic E-state index is 0.0798. The van der Waals surface area contributed by atoms with E-state index >= 15 is 0 Å². The fourth-order valence-electron chi connectivity index (χ4n) is 3.16. The van der Waals surface area contributed by atoms with Crippen LogP contribution in [0.1, 0.15) is 71.6 Å². The summed E-state index contributed by atoms with van der Waals surface area (Å²) in [4.78, 5) is 25.1. The molecule has 0 bridgehead atoms. The van der Waals surface area contributed by atoms with Crippen LogP contribution in [-0.2, 0) is 14.3 Å². The number of carbonyl (C=O) groups is 2. The molecule has 0 radical (unpaired) electrons. The lowest BCUT2D eigenvalue weighted by atomic mass is 10.00. The highest BCUT2D eigenvalue weighted by Gasteiger charge is 2.28. The standard InChI is InChI=1S/C22H35NO4/c1-4-5-8-11-18(2)20(24)15-13-19-14-16-21(25)23(19)17-10-7-6-9-12-22(26)27-3/h13,15,18-20,24H,4,6-7,9-12,14,16-17H2,1-3H3/b15-13+/t18-,19-,20?/m0/s1. The van der Waals surface area contributed by atoms with E-state index in [1.165, 1.54) is 7.11 Å². The second-order valence-corrected chi connectivity index (χ2v) is 7.20. The summed E-state index contributed by atoms with van der Waals surface area (Å²) in [5.74, 6) is 6.22. The van der Waals surface area contributed by atoms with Gasteiger partial charge in [-0.25, -0.2) is 0 Å². The third-order valence-electron chi connectivity index (χ3n) is 4.97. The molecule has 1 rings (SSSR count). The smallest absolute Gasteiger partial charge is 0.305 e. The van der Waals surface area contributed by atoms with Crippen molar-refractivity contribution >= 4 is 11.9 Å². The van der Waals surface area contributed by atoms with Crippen LogP contribution in [0.5, 0.6) is 0 Å². The third-order valence-corrected chi connectivity index (χ3v) is 4.97. The summed E-state index contributed by atoms with van der Waals surface area (Å²) >= 11 is 0. The second kappa shape index (κ2) is 13.4. The largest absolute Gasteiger partial charge is 0.469 e. The van der Waals surface area contributed by atoms with Gasteiger partial charge in [0.2, 0.25) is 5.91 Å². The van der Waals surface area contributed by atoms with Gasteiger partial charge in [-0.3, -0.25) is 9.59 Å². The van der Waals surface area contributed by atoms with Crippen LogP contribution in [-0.4, -0.2) is 47.7 Å². The Morgan fingerprint density at radius 3 is 2.78 bits per heavy atom. The fraction of sp³-hybridized carbons (Fsp3) is 0.727. The lowest BCUT2D eigenvalue weighted by Gasteiger charge is -2.23. The topological polar surface area (TPSA) is 66.8 Å². The van der Waals surface area contributed by atoms with E-state index in [4.69, 9.17) is 0 Å². The zero-order valence-corrected chi connectivity index (χ0v) is 17.1. The molecule has 0 aliphatic carbocycles. The van der Waals surface area contributed by atoms with Crippen molar-refractivity contribution in [2.45, 2.75) is 83.8 Å². The molecule has 0 saturated carbocycles. The van der Waals surface area contributed by atoms with E-state index in [1.54, 1.807) is 0 Å². The fourth-order valence-corrected chi connectivity index (χ4v) is 3.16. The van der Waals surface area contributed by atoms with Gasteiger partial charge in [0.25, 0.3) is 0 Å². The van der Waals surface area contributed by atoms with E-state index < -0.39 is 6.10 Å². The summed E-state index contributed by atoms with van der Waals surface area (Å²) in [6.07, 6.45) is 10.4. The molecule has 1 saturated heterocycles. The maximum Gasteiger partial charge on any atom is 0.305 e. The van der Waals surface area contributed by atoms with Gasteiger partial charge in [0.1, 0.15) is 0 Å². The first-order valence-corrected chi connectivity index (χ1v) is 10.2. The van der Waals surface area contributed by atoms with Crippen LogP contribution in [0.25, 0.3) is 0 Å². The molecule has 1 unspecified atom stereocenters. The van der Waals surface area contributed by atoms with E-state index in [2.05, 4.69) is 16.6 Å². The normalized spacial score (nSPS) is 19.0. The van der Waals surface area contributed by atoms with Crippen LogP contribution in [0.3, 0.4) is 0 Å². The van der Waals surface area contributed by atoms with Crippen LogP contribution in [0.4, 0.5) is 0 Å². The summed E-state index contributed by atoms with van der Waals surface area (Å²) in [6, 6.07) is 0.0798. The van der Waals surface area contributed by atoms with Gasteiger partial charge in [-0.2, -0.15) is 0 Å². The number of hydrogen-bond donors (Lipinski definition) is 1. The molecule has 3 atom stereocenters. The molecule has 1 aliphatic rings. The van der Waals surface area contributed by atoms with Gasteiger partial charge in [0.05, 0.1) is 19.3 Å². The number of nitrogens with zero attached hydrogens (tertiary/aromatic N) is 1. The number of likely N-dealkylation sites (tertiary alicyclic amines) is 1. The third kappa shape index (κ3) is 9.10. The Labute approximate surface area is 164 Å². The van der Waals surface area contributed by atoms with Gasteiger partial charge < -0.3 is 14.7 Å². The highest BCUT2D eigenvalue weighted by Crippen LogP contribution is 2.22. The Bertz CT molecular complexity index is 546. The number of carbonyl (C=O) groups excluding carboxylic acids is 2. The summed E-state index contributed by atoms with van der Waals surface area (Å²) < 4.78 is 4.63. The number of aliphatic hydroxyl groups is 1. The van der Waals surface area contributed by atoms with Crippen LogP contribution >= 0.6 is 0 Å². The van der Waals surface area contributed by atoms with E-state index in [1.807, 2.05) is 30.9 Å². The number of ether oxygens (including phenoxy) is 1. The SMILES string of the molecule is CCC#CC[C@H](C)C(O)/C=C/[C@H]1CCC(=O)N1CCCCCCC(=O)OC. The van der Waals surface area contributed by atoms with Gasteiger partial charge in [0.15, 0.2) is 0 Å². The number of esters is 1. The van der Waals surface area contributed by atoms with Crippen molar-refractivity contribution in [1.82, 2.24) is 4.90 Å². The first kappa shape index (κ1) is 23.2. The molecule has 1 aliphatic heterocycles. The Hall–Kier alpha value is -1.80. The summed E-state index contributed by atoms with van der Waals surface area (Å²) in [5.41, 5.74) is 0. The molecule has 0 aromatic carbocycles. The Morgan fingerprint density at radius 2 is 2.07 bits per heavy atom. The molecular weight excluding hydrogens is 342 g/mol. The number of methoxy groups -OCH3 is 1. The van der Waals surface area contributed by atoms with Crippen molar-refractivity contribution in [1.29, 1.82) is 0 Å². The first-order valence-electron chi connectivity index (χ1n) is 10.2. The van der Waals surface area contributed by atoms with Crippen LogP contribution in [0.2, 0.25) is 0 Å². The Balaban J connectivity index is 2.37. The highest BCUT2D eigenvalue weighted by atomic mass is 16.5. The van der Waals surface area contributed by atoms with E-state index in [-0.39, 0.29) is 23.8 Å². The summed E-state index contributed by atoms with van der Waals surface area (Å²) in [6.45, 7) is 4.74. The number of amides is 1. The molecule has 0 spiro atoms. The molecule has 1 heterocycles. The average Bonchev–Trinajstić information content (AvgIpc) is 3.02. The van der Waals surface area contributed by atoms with E-state index in [0.29, 0.717) is 19.3 Å². The number of aliphatic hydroxyl groups excluding tert-OH is 1. The number of unbranched alkanes of at least 4 members (excludes halogenated alkanes) is 3. The molecular formula is C22H35NO4. The predicted octanol–water partition coefficient (Wildman–Crippen LogP) is 3.46. The molecule has 0 aromatic rings. The van der Waals surface area contributed by atoms with Crippen molar-refractivity contribution in [3.8, 4) is 11.8 Å². The predicted molar refractivity (Wildman–Crippen MR) is 107 cm³/mol. The zero-order valence-electron chi connectivity index (χ0n) is 17.1. The molecule has 1 N–H and O–H groups in total. The monoisotopic (exact) mass is 377 g/mol. The van der Waals surface area contributed by atoms with Crippen molar-refractivity contribution in [3.05, 3.63) is 12.2 Å². The maximum absolute atomic E-state index is 12.1. The van der Waals surface area contributed by atoms with Gasteiger partial charge >= 0.3 is 5.97 Å². The molecule has 0 aromatic heterocycles. The Kier molecular flexibility index (Phi) is 11.5. The maximum atomic E-state index is 12.1. The zero-order chi connectivity index (χ0) is 20.1. The highest BCUT2D eigenvalue weighted by molar-refractivity contribution is 5.79. The molecule has 27 heavy (non-hydrogen) atoms. The molecule has 1 fully saturated rings. The summed E-state index contributed by atoms with van der Waals surface area (Å²) in [7, 11) is 1.41. The van der Waals surface area contributed by atoms with Crippen molar-refractivity contribution in [3.63, 3.8) is 0 Å². The van der Waals surface area contributed by atoms with Gasteiger partial charge in [-0.1, -0.05) is 38.8 Å². The number of hydrogen-bond acceptors (Lipinski definition) is 4. The average molecular weight is 378 g/mol. The summed E-state index contributed by atoms with van der Waals surface area (Å²) in [5, 5.41) is 10.3. The van der Waals surface area contributed by atoms with Crippen LogP contribution in [0, 0.1) is 17.8 Å². The minimum atomic E-state index is -0.535. The lowest BCUT2D eigenvalue weighted by Crippen LogP contribution is -2.33. The van der Waals surface area contributed by atoms with Crippen LogP contribution < -0.4 is 0 Å². The van der Waals surface area contributed by atoms with E-state index in [0.717, 1.165) is 45.1 Å². The van der Waals surface area contributed by atoms with Gasteiger partial charge in [-0.05, 0) is 25.2 Å². The minimum Gasteiger partial charge on any atom is -0.469 e. The lowest BCUT2D eigenvalue weighted by molar-refractivity contribution is -0.140. The second-order valence-electron chi connectivity index (χ2n) is 7.20. The first-order chi connectivity index (χ1) is 13.0. The van der Waals surface area contributed by atoms with Crippen molar-refractivity contribution in [2.75, 3.05) is 13.7 Å². The molecule has 5 nitrogen and oxygen atoms in total. The van der Waals surface area contributed by atoms with Crippen LogP contribution in [0.15, 0.2) is 12.2 Å². The molecule has 152 valence electrons. The Morgan fingerprint density at radius 1 is 1.33 bits per heavy atom. The number of rotatable bonds is 11. The van der Waals surface area contributed by atoms with Crippen molar-refractivity contribution < 1.29 is 19.4 Å².